The Morgan fingerprint density at radius 3 is 1.65 bits per heavy atom. The van der Waals surface area contributed by atoms with Crippen LogP contribution in [0.25, 0.3) is 0 Å². The van der Waals surface area contributed by atoms with E-state index in [1.54, 1.807) is 6.07 Å². The monoisotopic (exact) mass is 559 g/mol. The quantitative estimate of drug-likeness (QED) is 0.103. The second kappa shape index (κ2) is 14.2. The fourth-order valence-corrected chi connectivity index (χ4v) is 3.44. The average Bonchev–Trinajstić information content (AvgIpc) is 3.44. The molecule has 0 unspecified atom stereocenters. The van der Waals surface area contributed by atoms with Crippen molar-refractivity contribution >= 4 is 26.6 Å². The van der Waals surface area contributed by atoms with Gasteiger partial charge in [0.05, 0.1) is 0 Å². The van der Waals surface area contributed by atoms with Gasteiger partial charge in [-0.25, -0.2) is 0 Å². The summed E-state index contributed by atoms with van der Waals surface area (Å²) in [5, 5.41) is 12.3. The molecule has 4 aromatic carbocycles. The molecule has 1 fully saturated rings. The van der Waals surface area contributed by atoms with Crippen LogP contribution < -0.4 is 9.80 Å². The molecule has 0 spiro atoms. The van der Waals surface area contributed by atoms with Gasteiger partial charge in [-0.05, 0) is 29.8 Å². The number of anilines is 2. The molecule has 4 aromatic rings. The Morgan fingerprint density at radius 1 is 0.735 bits per heavy atom. The van der Waals surface area contributed by atoms with Crippen molar-refractivity contribution in [1.29, 1.82) is 0 Å². The minimum atomic E-state index is 0.538. The molecule has 0 aliphatic carbocycles. The Kier molecular flexibility index (Phi) is 10.7. The zero-order valence-electron chi connectivity index (χ0n) is 18.4. The van der Waals surface area contributed by atoms with Crippen molar-refractivity contribution < 1.29 is 23.4 Å². The van der Waals surface area contributed by atoms with Crippen LogP contribution in [-0.4, -0.2) is 24.0 Å². The predicted molar refractivity (Wildman–Crippen MR) is 136 cm³/mol. The molecule has 1 saturated heterocycles. The molecule has 4 nitrogen and oxygen atoms in total. The molecule has 0 atom stereocenters. The standard InChI is InChI=1S/C15H14N2.C13H10NO.ClH.Pd/c1-3-7-14(8-4-1)16-11-12-17(13-16)15-9-5-2-6-10-15;15-14-13(11-7-3-1-4-8-11)12-9-5-2-6-10-12;;/h1-10H,11-12H2;1-9,15H;1H;/q;-1;;+2/p-1/b;14-13+;;. The molecule has 174 valence electrons. The maximum absolute atomic E-state index is 9.00. The van der Waals surface area contributed by atoms with Crippen molar-refractivity contribution in [2.24, 2.45) is 5.16 Å². The maximum atomic E-state index is 9.00. The first-order valence-electron chi connectivity index (χ1n) is 10.6. The van der Waals surface area contributed by atoms with Gasteiger partial charge < -0.3 is 15.0 Å². The summed E-state index contributed by atoms with van der Waals surface area (Å²) >= 11 is 2.22. The van der Waals surface area contributed by atoms with Gasteiger partial charge in [-0.1, -0.05) is 66.7 Å². The Labute approximate surface area is 216 Å². The SMILES string of the molecule is O/N=C(/c1[c-]cccc1)c1ccccc1.[C]1N(c2ccccc2)CCN1c1ccccc1.[Cl][Pd+]. The van der Waals surface area contributed by atoms with Crippen LogP contribution in [0.3, 0.4) is 0 Å². The van der Waals surface area contributed by atoms with Crippen LogP contribution in [0.15, 0.2) is 120 Å². The number of oxime groups is 1. The first-order chi connectivity index (χ1) is 16.8. The normalized spacial score (nSPS) is 12.9. The van der Waals surface area contributed by atoms with Gasteiger partial charge >= 0.3 is 27.7 Å². The number of hydrogen-bond donors (Lipinski definition) is 1. The number of halogens is 1. The van der Waals surface area contributed by atoms with E-state index in [2.05, 4.69) is 104 Å². The Balaban J connectivity index is 0.000000179. The third-order valence-electron chi connectivity index (χ3n) is 5.04. The van der Waals surface area contributed by atoms with Crippen LogP contribution in [0.5, 0.6) is 0 Å². The molecule has 6 heteroatoms. The van der Waals surface area contributed by atoms with E-state index in [-0.39, 0.29) is 0 Å². The zero-order valence-corrected chi connectivity index (χ0v) is 20.7. The third-order valence-corrected chi connectivity index (χ3v) is 5.04. The molecule has 0 amide bonds. The van der Waals surface area contributed by atoms with Gasteiger partial charge in [-0.2, -0.15) is 0 Å². The molecule has 0 saturated carbocycles. The van der Waals surface area contributed by atoms with E-state index in [0.29, 0.717) is 5.71 Å². The molecule has 1 aliphatic rings. The number of benzene rings is 4. The molecular formula is C28H24ClN3OPd. The summed E-state index contributed by atoms with van der Waals surface area (Å²) in [6.07, 6.45) is 0. The van der Waals surface area contributed by atoms with Gasteiger partial charge in [-0.3, -0.25) is 0 Å². The van der Waals surface area contributed by atoms with Gasteiger partial charge in [0.25, 0.3) is 0 Å². The molecule has 5 rings (SSSR count). The van der Waals surface area contributed by atoms with Crippen molar-refractivity contribution in [3.05, 3.63) is 139 Å². The van der Waals surface area contributed by atoms with E-state index >= 15 is 0 Å². The van der Waals surface area contributed by atoms with Gasteiger partial charge in [0.1, 0.15) is 0 Å². The Bertz CT molecular complexity index is 1030. The zero-order chi connectivity index (χ0) is 24.0. The van der Waals surface area contributed by atoms with E-state index in [9.17, 15) is 0 Å². The van der Waals surface area contributed by atoms with Crippen molar-refractivity contribution in [3.8, 4) is 0 Å². The fraction of sp³-hybridized carbons (Fsp3) is 0.0714. The molecular weight excluding hydrogens is 536 g/mol. The molecule has 1 heterocycles. The molecule has 34 heavy (non-hydrogen) atoms. The second-order valence-electron chi connectivity index (χ2n) is 7.17. The van der Waals surface area contributed by atoms with Crippen molar-refractivity contribution in [1.82, 2.24) is 0 Å². The van der Waals surface area contributed by atoms with Crippen LogP contribution in [0.1, 0.15) is 11.1 Å². The van der Waals surface area contributed by atoms with Gasteiger partial charge in [-0.15, -0.1) is 41.1 Å². The number of para-hydroxylation sites is 2. The summed E-state index contributed by atoms with van der Waals surface area (Å²) in [6, 6.07) is 40.7. The van der Waals surface area contributed by atoms with E-state index < -0.39 is 0 Å². The van der Waals surface area contributed by atoms with E-state index in [4.69, 9.17) is 5.21 Å². The van der Waals surface area contributed by atoms with Crippen molar-refractivity contribution in [3.63, 3.8) is 0 Å². The van der Waals surface area contributed by atoms with Crippen molar-refractivity contribution in [2.45, 2.75) is 0 Å². The average molecular weight is 560 g/mol. The summed E-state index contributed by atoms with van der Waals surface area (Å²) in [5.41, 5.74) is 4.60. The van der Waals surface area contributed by atoms with E-state index in [1.165, 1.54) is 11.4 Å². The van der Waals surface area contributed by atoms with Crippen LogP contribution in [0, 0.1) is 12.7 Å². The third kappa shape index (κ3) is 7.20. The fourth-order valence-electron chi connectivity index (χ4n) is 3.44. The van der Waals surface area contributed by atoms with Gasteiger partial charge in [0.15, 0.2) is 0 Å². The molecule has 0 bridgehead atoms. The van der Waals surface area contributed by atoms with Crippen molar-refractivity contribution in [2.75, 3.05) is 22.9 Å². The summed E-state index contributed by atoms with van der Waals surface area (Å²) in [5.74, 6) is 0. The van der Waals surface area contributed by atoms with Crippen LogP contribution in [0.4, 0.5) is 11.4 Å². The minimum absolute atomic E-state index is 0.538. The topological polar surface area (TPSA) is 39.1 Å². The number of rotatable bonds is 4. The number of hydrogen-bond acceptors (Lipinski definition) is 4. The Morgan fingerprint density at radius 2 is 1.21 bits per heavy atom. The predicted octanol–water partition coefficient (Wildman–Crippen LogP) is 6.41. The van der Waals surface area contributed by atoms with Crippen LogP contribution in [0.2, 0.25) is 0 Å². The molecule has 0 aromatic heterocycles. The van der Waals surface area contributed by atoms with Gasteiger partial charge in [0, 0.05) is 30.2 Å². The Hall–Kier alpha value is -3.10. The number of nitrogens with zero attached hydrogens (tertiary/aromatic N) is 3. The summed E-state index contributed by atoms with van der Waals surface area (Å²) in [7, 11) is 4.49. The van der Waals surface area contributed by atoms with Crippen LogP contribution in [-0.2, 0) is 18.2 Å². The summed E-state index contributed by atoms with van der Waals surface area (Å²) in [4.78, 5) is 4.32. The molecule has 2 radical (unpaired) electrons. The summed E-state index contributed by atoms with van der Waals surface area (Å²) in [6.45, 7) is 5.36. The molecule has 1 N–H and O–H groups in total. The molecule has 1 aliphatic heterocycles. The summed E-state index contributed by atoms with van der Waals surface area (Å²) < 4.78 is 0. The first-order valence-corrected chi connectivity index (χ1v) is 12.6. The van der Waals surface area contributed by atoms with E-state index in [1.807, 2.05) is 60.7 Å². The van der Waals surface area contributed by atoms with E-state index in [0.717, 1.165) is 24.2 Å². The second-order valence-corrected chi connectivity index (χ2v) is 7.17. The van der Waals surface area contributed by atoms with Crippen LogP contribution >= 0.6 is 9.53 Å². The first kappa shape index (κ1) is 25.5. The van der Waals surface area contributed by atoms with Gasteiger partial charge in [0.2, 0.25) is 6.67 Å².